The SMILES string of the molecule is C[C@@H]1C(=O)C(C#N)=C[C@]2(c3ccccc3)c3nn(C(=O)Oc4ccccc4)cc3CCC12. The number of hydrogen-bond donors (Lipinski definition) is 0. The number of rotatable bonds is 2. The molecule has 158 valence electrons. The molecular formula is C26H21N3O3. The molecule has 6 nitrogen and oxygen atoms in total. The summed E-state index contributed by atoms with van der Waals surface area (Å²) in [5.41, 5.74) is 1.97. The lowest BCUT2D eigenvalue weighted by Crippen LogP contribution is -2.48. The molecule has 1 aromatic heterocycles. The monoisotopic (exact) mass is 423 g/mol. The first-order valence-electron chi connectivity index (χ1n) is 10.6. The van der Waals surface area contributed by atoms with E-state index in [-0.39, 0.29) is 23.2 Å². The lowest BCUT2D eigenvalue weighted by atomic mass is 9.54. The van der Waals surface area contributed by atoms with Gasteiger partial charge in [-0.05, 0) is 48.1 Å². The van der Waals surface area contributed by atoms with Crippen LogP contribution >= 0.6 is 0 Å². The molecule has 0 N–H and O–H groups in total. The number of aromatic nitrogens is 2. The fraction of sp³-hybridized carbons (Fsp3) is 0.231. The molecule has 2 aliphatic carbocycles. The summed E-state index contributed by atoms with van der Waals surface area (Å²) in [6.07, 6.45) is 4.33. The number of allylic oxidation sites excluding steroid dienone is 2. The minimum absolute atomic E-state index is 0.0597. The van der Waals surface area contributed by atoms with Crippen LogP contribution < -0.4 is 4.74 Å². The van der Waals surface area contributed by atoms with Crippen molar-refractivity contribution in [1.82, 2.24) is 9.78 Å². The largest absolute Gasteiger partial charge is 0.440 e. The third kappa shape index (κ3) is 2.97. The first-order valence-corrected chi connectivity index (χ1v) is 10.6. The molecule has 3 atom stereocenters. The number of benzene rings is 2. The highest BCUT2D eigenvalue weighted by Gasteiger charge is 2.53. The summed E-state index contributed by atoms with van der Waals surface area (Å²) in [5.74, 6) is -0.0829. The molecule has 0 bridgehead atoms. The Bertz CT molecular complexity index is 1270. The number of Topliss-reactive ketones (excluding diaryl/α,β-unsaturated/α-hetero) is 1. The maximum Gasteiger partial charge on any atom is 0.440 e. The van der Waals surface area contributed by atoms with Crippen LogP contribution in [-0.2, 0) is 16.6 Å². The normalized spacial score (nSPS) is 24.0. The van der Waals surface area contributed by atoms with Crippen molar-refractivity contribution in [2.24, 2.45) is 11.8 Å². The molecule has 0 radical (unpaired) electrons. The van der Waals surface area contributed by atoms with Gasteiger partial charge in [0.05, 0.1) is 16.7 Å². The van der Waals surface area contributed by atoms with Crippen LogP contribution in [0.15, 0.2) is 78.5 Å². The lowest BCUT2D eigenvalue weighted by molar-refractivity contribution is -0.121. The highest BCUT2D eigenvalue weighted by molar-refractivity contribution is 6.02. The van der Waals surface area contributed by atoms with Gasteiger partial charge in [-0.15, -0.1) is 0 Å². The Hall–Kier alpha value is -3.98. The zero-order valence-corrected chi connectivity index (χ0v) is 17.6. The van der Waals surface area contributed by atoms with E-state index in [9.17, 15) is 14.9 Å². The number of nitriles is 1. The molecule has 32 heavy (non-hydrogen) atoms. The van der Waals surface area contributed by atoms with Gasteiger partial charge in [-0.1, -0.05) is 55.5 Å². The van der Waals surface area contributed by atoms with Crippen molar-refractivity contribution < 1.29 is 14.3 Å². The Morgan fingerprint density at radius 3 is 2.53 bits per heavy atom. The van der Waals surface area contributed by atoms with Gasteiger partial charge in [0.1, 0.15) is 11.8 Å². The summed E-state index contributed by atoms with van der Waals surface area (Å²) < 4.78 is 6.70. The van der Waals surface area contributed by atoms with Crippen LogP contribution in [0.2, 0.25) is 0 Å². The van der Waals surface area contributed by atoms with E-state index in [0.29, 0.717) is 17.9 Å². The van der Waals surface area contributed by atoms with Gasteiger partial charge in [-0.3, -0.25) is 4.79 Å². The molecule has 2 aromatic carbocycles. The number of para-hydroxylation sites is 1. The molecule has 2 aliphatic rings. The molecule has 3 aromatic rings. The summed E-state index contributed by atoms with van der Waals surface area (Å²) in [6.45, 7) is 1.89. The molecule has 0 saturated heterocycles. The zero-order chi connectivity index (χ0) is 22.3. The van der Waals surface area contributed by atoms with E-state index in [1.165, 1.54) is 4.68 Å². The fourth-order valence-corrected chi connectivity index (χ4v) is 5.17. The maximum absolute atomic E-state index is 12.8. The Morgan fingerprint density at radius 2 is 1.84 bits per heavy atom. The Balaban J connectivity index is 1.67. The van der Waals surface area contributed by atoms with Gasteiger partial charge >= 0.3 is 6.09 Å². The summed E-state index contributed by atoms with van der Waals surface area (Å²) in [6, 6.07) is 20.7. The molecular weight excluding hydrogens is 402 g/mol. The predicted molar refractivity (Wildman–Crippen MR) is 117 cm³/mol. The Kier molecular flexibility index (Phi) is 4.75. The molecule has 5 rings (SSSR count). The molecule has 0 saturated carbocycles. The number of aryl methyl sites for hydroxylation is 1. The molecule has 0 amide bonds. The van der Waals surface area contributed by atoms with Crippen molar-refractivity contribution in [2.45, 2.75) is 25.2 Å². The van der Waals surface area contributed by atoms with E-state index in [1.54, 1.807) is 36.5 Å². The van der Waals surface area contributed by atoms with Crippen LogP contribution in [0.4, 0.5) is 4.79 Å². The summed E-state index contributed by atoms with van der Waals surface area (Å²) in [7, 11) is 0. The standard InChI is InChI=1S/C26H21N3O3/c1-17-22-13-12-18-16-29(25(31)32-21-10-6-3-7-11-21)28-24(18)26(22,14-19(15-27)23(17)30)20-8-4-2-5-9-20/h2-11,14,16-17,22H,12-13H2,1H3/t17-,22?,26+/m0/s1. The third-order valence-electron chi connectivity index (χ3n) is 6.65. The lowest BCUT2D eigenvalue weighted by Gasteiger charge is -2.46. The number of carbonyl (C=O) groups is 2. The van der Waals surface area contributed by atoms with Gasteiger partial charge in [0.25, 0.3) is 0 Å². The molecule has 0 aliphatic heterocycles. The number of nitrogens with zero attached hydrogens (tertiary/aromatic N) is 3. The van der Waals surface area contributed by atoms with Gasteiger partial charge in [-0.2, -0.15) is 15.0 Å². The number of hydrogen-bond acceptors (Lipinski definition) is 5. The number of ether oxygens (including phenoxy) is 1. The van der Waals surface area contributed by atoms with E-state index in [1.807, 2.05) is 43.3 Å². The number of carbonyl (C=O) groups excluding carboxylic acids is 2. The Labute approximate surface area is 185 Å². The highest BCUT2D eigenvalue weighted by Crippen LogP contribution is 2.53. The topological polar surface area (TPSA) is 85.0 Å². The maximum atomic E-state index is 12.8. The minimum Gasteiger partial charge on any atom is -0.409 e. The average Bonchev–Trinajstić information content (AvgIpc) is 3.28. The van der Waals surface area contributed by atoms with Crippen molar-refractivity contribution in [3.05, 3.63) is 95.3 Å². The first kappa shape index (κ1) is 20.0. The van der Waals surface area contributed by atoms with Gasteiger partial charge in [0, 0.05) is 12.1 Å². The zero-order valence-electron chi connectivity index (χ0n) is 17.6. The molecule has 0 spiro atoms. The second kappa shape index (κ2) is 7.61. The minimum atomic E-state index is -0.758. The van der Waals surface area contributed by atoms with Crippen molar-refractivity contribution in [3.8, 4) is 11.8 Å². The second-order valence-electron chi connectivity index (χ2n) is 8.33. The summed E-state index contributed by atoms with van der Waals surface area (Å²) >= 11 is 0. The van der Waals surface area contributed by atoms with Crippen LogP contribution in [0.1, 0.15) is 30.2 Å². The van der Waals surface area contributed by atoms with E-state index in [4.69, 9.17) is 4.74 Å². The van der Waals surface area contributed by atoms with E-state index in [2.05, 4.69) is 11.2 Å². The van der Waals surface area contributed by atoms with Gasteiger partial charge < -0.3 is 4.74 Å². The number of ketones is 1. The van der Waals surface area contributed by atoms with E-state index in [0.717, 1.165) is 17.5 Å². The van der Waals surface area contributed by atoms with Crippen LogP contribution in [0.5, 0.6) is 5.75 Å². The smallest absolute Gasteiger partial charge is 0.409 e. The van der Waals surface area contributed by atoms with Crippen molar-refractivity contribution in [3.63, 3.8) is 0 Å². The van der Waals surface area contributed by atoms with Crippen molar-refractivity contribution in [1.29, 1.82) is 5.26 Å². The average molecular weight is 423 g/mol. The van der Waals surface area contributed by atoms with E-state index < -0.39 is 11.5 Å². The van der Waals surface area contributed by atoms with Crippen molar-refractivity contribution >= 4 is 11.9 Å². The van der Waals surface area contributed by atoms with Gasteiger partial charge in [0.2, 0.25) is 0 Å². The van der Waals surface area contributed by atoms with Crippen LogP contribution in [0.25, 0.3) is 0 Å². The van der Waals surface area contributed by atoms with Crippen LogP contribution in [0, 0.1) is 23.2 Å². The highest BCUT2D eigenvalue weighted by atomic mass is 16.6. The number of fused-ring (bicyclic) bond motifs is 3. The molecule has 1 unspecified atom stereocenters. The quantitative estimate of drug-likeness (QED) is 0.608. The fourth-order valence-electron chi connectivity index (χ4n) is 5.17. The first-order chi connectivity index (χ1) is 15.5. The van der Waals surface area contributed by atoms with Gasteiger partial charge in [0.15, 0.2) is 5.78 Å². The Morgan fingerprint density at radius 1 is 1.16 bits per heavy atom. The van der Waals surface area contributed by atoms with Crippen LogP contribution in [0.3, 0.4) is 0 Å². The molecule has 0 fully saturated rings. The molecule has 6 heteroatoms. The van der Waals surface area contributed by atoms with Gasteiger partial charge in [-0.25, -0.2) is 4.79 Å². The van der Waals surface area contributed by atoms with Crippen molar-refractivity contribution in [2.75, 3.05) is 0 Å². The second-order valence-corrected chi connectivity index (χ2v) is 8.33. The molecule has 1 heterocycles. The summed E-state index contributed by atoms with van der Waals surface area (Å²) in [4.78, 5) is 25.6. The van der Waals surface area contributed by atoms with Crippen LogP contribution in [-0.4, -0.2) is 21.7 Å². The summed E-state index contributed by atoms with van der Waals surface area (Å²) in [5, 5.41) is 14.4. The predicted octanol–water partition coefficient (Wildman–Crippen LogP) is 4.45. The third-order valence-corrected chi connectivity index (χ3v) is 6.65. The van der Waals surface area contributed by atoms with E-state index >= 15 is 0 Å².